The van der Waals surface area contributed by atoms with Crippen molar-refractivity contribution in [1.82, 2.24) is 9.99 Å². The highest BCUT2D eigenvalue weighted by atomic mass is 19.4. The van der Waals surface area contributed by atoms with Crippen LogP contribution in [0.15, 0.2) is 12.1 Å². The van der Waals surface area contributed by atoms with Gasteiger partial charge in [0.05, 0.1) is 5.56 Å². The topological polar surface area (TPSA) is 40.2 Å². The van der Waals surface area contributed by atoms with Crippen molar-refractivity contribution in [3.8, 4) is 0 Å². The number of anilines is 2. The van der Waals surface area contributed by atoms with Gasteiger partial charge in [-0.15, -0.1) is 0 Å². The van der Waals surface area contributed by atoms with Crippen LogP contribution in [0.25, 0.3) is 0 Å². The molecule has 0 atom stereocenters. The van der Waals surface area contributed by atoms with Crippen molar-refractivity contribution in [2.75, 3.05) is 31.4 Å². The third-order valence-electron chi connectivity index (χ3n) is 1.85. The number of nitrogens with zero attached hydrogens (tertiary/aromatic N) is 2. The number of hydrogen-bond donors (Lipinski definition) is 2. The molecule has 0 aliphatic heterocycles. The number of alkyl halides is 3. The third-order valence-corrected chi connectivity index (χ3v) is 1.85. The Morgan fingerprint density at radius 2 is 1.82 bits per heavy atom. The largest absolute Gasteiger partial charge is 0.416 e. The van der Waals surface area contributed by atoms with Crippen LogP contribution in [0.5, 0.6) is 0 Å². The zero-order chi connectivity index (χ0) is 13.1. The van der Waals surface area contributed by atoms with Gasteiger partial charge in [-0.2, -0.15) is 13.2 Å². The number of rotatable bonds is 4. The van der Waals surface area contributed by atoms with Crippen molar-refractivity contribution in [2.24, 2.45) is 0 Å². The van der Waals surface area contributed by atoms with Crippen LogP contribution in [0.1, 0.15) is 12.5 Å². The Kier molecular flexibility index (Phi) is 4.17. The summed E-state index contributed by atoms with van der Waals surface area (Å²) in [6.07, 6.45) is -4.38. The second-order valence-corrected chi connectivity index (χ2v) is 3.66. The van der Waals surface area contributed by atoms with E-state index in [1.54, 1.807) is 21.0 Å². The van der Waals surface area contributed by atoms with E-state index in [1.165, 1.54) is 5.01 Å². The Morgan fingerprint density at radius 1 is 1.24 bits per heavy atom. The molecule has 1 heterocycles. The number of aromatic nitrogens is 1. The van der Waals surface area contributed by atoms with E-state index in [1.807, 2.05) is 0 Å². The first-order valence-corrected chi connectivity index (χ1v) is 5.10. The molecular weight excluding hydrogens is 233 g/mol. The number of halogens is 3. The van der Waals surface area contributed by atoms with Gasteiger partial charge in [0.2, 0.25) is 0 Å². The van der Waals surface area contributed by atoms with E-state index < -0.39 is 11.7 Å². The molecule has 0 fully saturated rings. The molecule has 0 unspecified atom stereocenters. The van der Waals surface area contributed by atoms with Crippen molar-refractivity contribution >= 4 is 11.6 Å². The summed E-state index contributed by atoms with van der Waals surface area (Å²) in [6.45, 7) is 2.30. The quantitative estimate of drug-likeness (QED) is 0.803. The van der Waals surface area contributed by atoms with Crippen molar-refractivity contribution in [1.29, 1.82) is 0 Å². The van der Waals surface area contributed by atoms with Gasteiger partial charge >= 0.3 is 6.18 Å². The van der Waals surface area contributed by atoms with E-state index >= 15 is 0 Å². The van der Waals surface area contributed by atoms with Crippen LogP contribution in [0, 0.1) is 0 Å². The molecule has 0 bridgehead atoms. The maximum Gasteiger partial charge on any atom is 0.416 e. The zero-order valence-electron chi connectivity index (χ0n) is 9.89. The predicted molar refractivity (Wildman–Crippen MR) is 60.7 cm³/mol. The Balaban J connectivity index is 3.09. The van der Waals surface area contributed by atoms with E-state index in [2.05, 4.69) is 15.7 Å². The lowest BCUT2D eigenvalue weighted by Gasteiger charge is -2.16. The van der Waals surface area contributed by atoms with Gasteiger partial charge in [-0.3, -0.25) is 0 Å². The van der Waals surface area contributed by atoms with Crippen molar-refractivity contribution in [3.63, 3.8) is 0 Å². The Bertz CT molecular complexity index is 376. The van der Waals surface area contributed by atoms with Gasteiger partial charge in [-0.1, -0.05) is 0 Å². The maximum atomic E-state index is 12.6. The summed E-state index contributed by atoms with van der Waals surface area (Å²) >= 11 is 0. The first kappa shape index (κ1) is 13.6. The second kappa shape index (κ2) is 5.22. The Labute approximate surface area is 97.8 Å². The average Bonchev–Trinajstić information content (AvgIpc) is 2.15. The molecule has 1 aromatic rings. The van der Waals surface area contributed by atoms with Gasteiger partial charge in [-0.25, -0.2) is 9.99 Å². The number of hydrogen-bond acceptors (Lipinski definition) is 4. The van der Waals surface area contributed by atoms with Gasteiger partial charge in [0, 0.05) is 20.6 Å². The molecule has 0 spiro atoms. The number of nitrogens with one attached hydrogen (secondary N) is 2. The van der Waals surface area contributed by atoms with Crippen LogP contribution in [0.4, 0.5) is 24.8 Å². The van der Waals surface area contributed by atoms with Crippen LogP contribution in [-0.4, -0.2) is 30.6 Å². The summed E-state index contributed by atoms with van der Waals surface area (Å²) < 4.78 is 37.9. The first-order valence-electron chi connectivity index (χ1n) is 5.10. The van der Waals surface area contributed by atoms with E-state index in [4.69, 9.17) is 0 Å². The lowest BCUT2D eigenvalue weighted by Crippen LogP contribution is -2.21. The van der Waals surface area contributed by atoms with Crippen molar-refractivity contribution < 1.29 is 13.2 Å². The molecule has 0 aliphatic carbocycles. The molecule has 0 saturated carbocycles. The fourth-order valence-electron chi connectivity index (χ4n) is 1.25. The van der Waals surface area contributed by atoms with Crippen LogP contribution in [0.2, 0.25) is 0 Å². The number of pyridine rings is 1. The smallest absolute Gasteiger partial charge is 0.370 e. The molecule has 2 N–H and O–H groups in total. The van der Waals surface area contributed by atoms with E-state index in [-0.39, 0.29) is 11.6 Å². The summed E-state index contributed by atoms with van der Waals surface area (Å²) in [5, 5.41) is 4.29. The highest BCUT2D eigenvalue weighted by molar-refractivity contribution is 5.49. The molecule has 7 heteroatoms. The summed E-state index contributed by atoms with van der Waals surface area (Å²) in [5.74, 6) is 0.354. The highest BCUT2D eigenvalue weighted by Crippen LogP contribution is 2.32. The lowest BCUT2D eigenvalue weighted by molar-refractivity contribution is -0.137. The van der Waals surface area contributed by atoms with Gasteiger partial charge < -0.3 is 10.7 Å². The van der Waals surface area contributed by atoms with Crippen molar-refractivity contribution in [3.05, 3.63) is 17.7 Å². The minimum absolute atomic E-state index is 0.153. The predicted octanol–water partition coefficient (Wildman–Crippen LogP) is 2.42. The fourth-order valence-corrected chi connectivity index (χ4v) is 1.25. The van der Waals surface area contributed by atoms with Crippen LogP contribution in [-0.2, 0) is 6.18 Å². The third kappa shape index (κ3) is 4.10. The molecule has 1 rings (SSSR count). The molecule has 96 valence electrons. The highest BCUT2D eigenvalue weighted by Gasteiger charge is 2.31. The second-order valence-electron chi connectivity index (χ2n) is 3.66. The van der Waals surface area contributed by atoms with Crippen LogP contribution >= 0.6 is 0 Å². The van der Waals surface area contributed by atoms with Gasteiger partial charge in [0.1, 0.15) is 11.6 Å². The number of hydrazine groups is 1. The summed E-state index contributed by atoms with van der Waals surface area (Å²) in [6, 6.07) is 1.96. The average molecular weight is 248 g/mol. The minimum Gasteiger partial charge on any atom is -0.370 e. The zero-order valence-corrected chi connectivity index (χ0v) is 9.89. The van der Waals surface area contributed by atoms with E-state index in [0.717, 1.165) is 12.1 Å². The SMILES string of the molecule is CCNc1cc(C(F)(F)F)cc(NN(C)C)n1. The van der Waals surface area contributed by atoms with Gasteiger partial charge in [0.25, 0.3) is 0 Å². The monoisotopic (exact) mass is 248 g/mol. The minimum atomic E-state index is -4.38. The molecular formula is C10H15F3N4. The molecule has 17 heavy (non-hydrogen) atoms. The Hall–Kier alpha value is -1.50. The summed E-state index contributed by atoms with van der Waals surface area (Å²) in [4.78, 5) is 4.01. The summed E-state index contributed by atoms with van der Waals surface area (Å²) in [5.41, 5.74) is 1.97. The first-order chi connectivity index (χ1) is 7.82. The maximum absolute atomic E-state index is 12.6. The molecule has 0 saturated heterocycles. The van der Waals surface area contributed by atoms with Gasteiger partial charge in [0.15, 0.2) is 0 Å². The molecule has 0 amide bonds. The van der Waals surface area contributed by atoms with E-state index in [0.29, 0.717) is 6.54 Å². The normalized spacial score (nSPS) is 11.7. The lowest BCUT2D eigenvalue weighted by atomic mass is 10.2. The van der Waals surface area contributed by atoms with Gasteiger partial charge in [-0.05, 0) is 19.1 Å². The molecule has 1 aromatic heterocycles. The standard InChI is InChI=1S/C10H15F3N4/c1-4-14-8-5-7(10(11,12)13)6-9(15-8)16-17(2)3/h5-6H,4H2,1-3H3,(H2,14,15,16). The molecule has 0 radical (unpaired) electrons. The van der Waals surface area contributed by atoms with Crippen LogP contribution < -0.4 is 10.7 Å². The molecule has 0 aliphatic rings. The van der Waals surface area contributed by atoms with E-state index in [9.17, 15) is 13.2 Å². The molecule has 4 nitrogen and oxygen atoms in total. The molecule has 0 aromatic carbocycles. The van der Waals surface area contributed by atoms with Crippen molar-refractivity contribution in [2.45, 2.75) is 13.1 Å². The fraction of sp³-hybridized carbons (Fsp3) is 0.500. The summed E-state index contributed by atoms with van der Waals surface area (Å²) in [7, 11) is 3.35. The Morgan fingerprint density at radius 3 is 2.29 bits per heavy atom. The van der Waals surface area contributed by atoms with Crippen LogP contribution in [0.3, 0.4) is 0 Å².